The fourth-order valence-corrected chi connectivity index (χ4v) is 1.45. The highest BCUT2D eigenvalue weighted by Crippen LogP contribution is 2.09. The van der Waals surface area contributed by atoms with Crippen LogP contribution in [0.4, 0.5) is 0 Å². The molecule has 0 aromatic heterocycles. The molecule has 0 aliphatic carbocycles. The van der Waals surface area contributed by atoms with Crippen molar-refractivity contribution in [2.75, 3.05) is 6.61 Å². The standard InChI is InChI=1S/C8H10O2.C8H6O2/c2*9-6-8(10)7-4-2-1-3-5-7/h1-5,8-10H,6H2;1-6H. The highest BCUT2D eigenvalue weighted by atomic mass is 16.3. The molecule has 0 saturated carbocycles. The summed E-state index contributed by atoms with van der Waals surface area (Å²) in [4.78, 5) is 20.6. The van der Waals surface area contributed by atoms with Crippen LogP contribution in [0.15, 0.2) is 60.7 Å². The predicted molar refractivity (Wildman–Crippen MR) is 75.3 cm³/mol. The summed E-state index contributed by atoms with van der Waals surface area (Å²) in [6.45, 7) is -0.218. The lowest BCUT2D eigenvalue weighted by Crippen LogP contribution is -2.01. The van der Waals surface area contributed by atoms with Gasteiger partial charge in [0.05, 0.1) is 6.61 Å². The van der Waals surface area contributed by atoms with Gasteiger partial charge in [0.15, 0.2) is 6.29 Å². The third-order valence-corrected chi connectivity index (χ3v) is 2.52. The van der Waals surface area contributed by atoms with Crippen LogP contribution in [0.2, 0.25) is 0 Å². The van der Waals surface area contributed by atoms with Gasteiger partial charge in [-0.1, -0.05) is 60.7 Å². The van der Waals surface area contributed by atoms with Crippen molar-refractivity contribution in [1.82, 2.24) is 0 Å². The number of carbonyl (C=O) groups excluding carboxylic acids is 2. The molecule has 0 fully saturated rings. The van der Waals surface area contributed by atoms with Gasteiger partial charge in [0.25, 0.3) is 0 Å². The third kappa shape index (κ3) is 5.14. The molecule has 0 heterocycles. The fourth-order valence-electron chi connectivity index (χ4n) is 1.45. The molecule has 104 valence electrons. The molecule has 1 atom stereocenters. The molecule has 20 heavy (non-hydrogen) atoms. The number of hydrogen-bond acceptors (Lipinski definition) is 4. The van der Waals surface area contributed by atoms with E-state index in [9.17, 15) is 9.59 Å². The summed E-state index contributed by atoms with van der Waals surface area (Å²) < 4.78 is 0. The quantitative estimate of drug-likeness (QED) is 0.505. The van der Waals surface area contributed by atoms with Crippen molar-refractivity contribution in [3.05, 3.63) is 71.8 Å². The van der Waals surface area contributed by atoms with Gasteiger partial charge >= 0.3 is 0 Å². The fraction of sp³-hybridized carbons (Fsp3) is 0.125. The molecule has 0 aliphatic rings. The minimum Gasteiger partial charge on any atom is -0.393 e. The summed E-state index contributed by atoms with van der Waals surface area (Å²) in [5.74, 6) is -0.472. The minimum absolute atomic E-state index is 0.218. The molecular weight excluding hydrogens is 256 g/mol. The van der Waals surface area contributed by atoms with E-state index in [1.54, 1.807) is 42.5 Å². The van der Waals surface area contributed by atoms with E-state index in [1.807, 2.05) is 18.2 Å². The first-order valence-corrected chi connectivity index (χ1v) is 6.07. The zero-order chi connectivity index (χ0) is 14.8. The number of rotatable bonds is 4. The number of Topliss-reactive ketones (excluding diaryl/α,β-unsaturated/α-hetero) is 1. The SMILES string of the molecule is O=CC(=O)c1ccccc1.OCC(O)c1ccccc1. The summed E-state index contributed by atoms with van der Waals surface area (Å²) in [7, 11) is 0. The van der Waals surface area contributed by atoms with E-state index >= 15 is 0 Å². The Kier molecular flexibility index (Phi) is 6.89. The second kappa shape index (κ2) is 8.74. The third-order valence-electron chi connectivity index (χ3n) is 2.52. The normalized spacial score (nSPS) is 10.9. The first-order valence-electron chi connectivity index (χ1n) is 6.07. The first-order chi connectivity index (χ1) is 9.69. The van der Waals surface area contributed by atoms with Crippen molar-refractivity contribution in [2.24, 2.45) is 0 Å². The summed E-state index contributed by atoms with van der Waals surface area (Å²) in [6.07, 6.45) is -0.420. The van der Waals surface area contributed by atoms with Crippen molar-refractivity contribution in [1.29, 1.82) is 0 Å². The molecule has 1 unspecified atom stereocenters. The molecule has 4 nitrogen and oxygen atoms in total. The Labute approximate surface area is 117 Å². The average Bonchev–Trinajstić information content (AvgIpc) is 2.55. The lowest BCUT2D eigenvalue weighted by molar-refractivity contribution is -0.104. The smallest absolute Gasteiger partial charge is 0.225 e. The van der Waals surface area contributed by atoms with E-state index in [0.29, 0.717) is 11.8 Å². The van der Waals surface area contributed by atoms with E-state index in [0.717, 1.165) is 5.56 Å². The van der Waals surface area contributed by atoms with Crippen LogP contribution in [0, 0.1) is 0 Å². The van der Waals surface area contributed by atoms with Gasteiger partial charge in [-0.3, -0.25) is 9.59 Å². The van der Waals surface area contributed by atoms with Gasteiger partial charge in [-0.2, -0.15) is 0 Å². The van der Waals surface area contributed by atoms with Gasteiger partial charge in [-0.25, -0.2) is 0 Å². The Balaban J connectivity index is 0.000000200. The molecule has 2 rings (SSSR count). The number of hydrogen-bond donors (Lipinski definition) is 2. The van der Waals surface area contributed by atoms with Crippen molar-refractivity contribution in [3.8, 4) is 0 Å². The van der Waals surface area contributed by atoms with Gasteiger partial charge in [0.1, 0.15) is 6.10 Å². The molecule has 2 N–H and O–H groups in total. The number of aldehydes is 1. The Morgan fingerprint density at radius 3 is 1.95 bits per heavy atom. The van der Waals surface area contributed by atoms with E-state index < -0.39 is 11.9 Å². The van der Waals surface area contributed by atoms with Crippen molar-refractivity contribution in [2.45, 2.75) is 6.10 Å². The molecule has 0 radical (unpaired) electrons. The number of aliphatic hydroxyl groups excluding tert-OH is 2. The maximum absolute atomic E-state index is 10.6. The number of benzene rings is 2. The highest BCUT2D eigenvalue weighted by molar-refractivity contribution is 6.33. The summed E-state index contributed by atoms with van der Waals surface area (Å²) >= 11 is 0. The molecule has 2 aromatic rings. The van der Waals surface area contributed by atoms with Gasteiger partial charge in [0, 0.05) is 5.56 Å². The predicted octanol–water partition coefficient (Wildman–Crippen LogP) is 1.78. The van der Waals surface area contributed by atoms with Gasteiger partial charge < -0.3 is 10.2 Å². The van der Waals surface area contributed by atoms with Crippen LogP contribution in [0.1, 0.15) is 22.0 Å². The first kappa shape index (κ1) is 15.8. The molecule has 0 aliphatic heterocycles. The molecule has 0 spiro atoms. The monoisotopic (exact) mass is 272 g/mol. The Hall–Kier alpha value is -2.30. The van der Waals surface area contributed by atoms with Crippen LogP contribution < -0.4 is 0 Å². The summed E-state index contributed by atoms with van der Waals surface area (Å²) in [6, 6.07) is 17.5. The molecule has 2 aromatic carbocycles. The van der Waals surface area contributed by atoms with Crippen molar-refractivity contribution < 1.29 is 19.8 Å². The second-order valence-electron chi connectivity index (χ2n) is 3.96. The van der Waals surface area contributed by atoms with Crippen LogP contribution >= 0.6 is 0 Å². The Morgan fingerprint density at radius 2 is 1.50 bits per heavy atom. The number of ketones is 1. The lowest BCUT2D eigenvalue weighted by Gasteiger charge is -2.05. The summed E-state index contributed by atoms with van der Waals surface area (Å²) in [5.41, 5.74) is 1.20. The van der Waals surface area contributed by atoms with E-state index in [-0.39, 0.29) is 6.61 Å². The molecule has 4 heteroatoms. The Morgan fingerprint density at radius 1 is 1.00 bits per heavy atom. The zero-order valence-corrected chi connectivity index (χ0v) is 10.8. The lowest BCUT2D eigenvalue weighted by atomic mass is 10.1. The van der Waals surface area contributed by atoms with Gasteiger partial charge in [0.2, 0.25) is 5.78 Å². The molecule has 0 saturated heterocycles. The average molecular weight is 272 g/mol. The van der Waals surface area contributed by atoms with Crippen LogP contribution in [0.25, 0.3) is 0 Å². The maximum atomic E-state index is 10.6. The van der Waals surface area contributed by atoms with E-state index in [2.05, 4.69) is 0 Å². The summed E-state index contributed by atoms with van der Waals surface area (Å²) in [5, 5.41) is 17.6. The second-order valence-corrected chi connectivity index (χ2v) is 3.96. The van der Waals surface area contributed by atoms with Gasteiger partial charge in [-0.15, -0.1) is 0 Å². The molecule has 0 amide bonds. The van der Waals surface area contributed by atoms with E-state index in [1.165, 1.54) is 0 Å². The van der Waals surface area contributed by atoms with Crippen LogP contribution in [0.3, 0.4) is 0 Å². The largest absolute Gasteiger partial charge is 0.393 e. The van der Waals surface area contributed by atoms with Crippen LogP contribution in [-0.4, -0.2) is 28.9 Å². The molecule has 0 bridgehead atoms. The highest BCUT2D eigenvalue weighted by Gasteiger charge is 2.02. The maximum Gasteiger partial charge on any atom is 0.225 e. The number of aliphatic hydroxyl groups is 2. The minimum atomic E-state index is -0.735. The topological polar surface area (TPSA) is 74.6 Å². The number of carbonyl (C=O) groups is 2. The van der Waals surface area contributed by atoms with E-state index in [4.69, 9.17) is 10.2 Å². The van der Waals surface area contributed by atoms with Crippen LogP contribution in [-0.2, 0) is 4.79 Å². The van der Waals surface area contributed by atoms with Crippen molar-refractivity contribution in [3.63, 3.8) is 0 Å². The Bertz CT molecular complexity index is 523. The van der Waals surface area contributed by atoms with Crippen LogP contribution in [0.5, 0.6) is 0 Å². The molecular formula is C16H16O4. The van der Waals surface area contributed by atoms with Gasteiger partial charge in [-0.05, 0) is 5.56 Å². The van der Waals surface area contributed by atoms with Crippen molar-refractivity contribution >= 4 is 12.1 Å². The zero-order valence-electron chi connectivity index (χ0n) is 10.8.